The number of furan rings is 1. The van der Waals surface area contributed by atoms with E-state index in [0.29, 0.717) is 13.2 Å². The zero-order valence-electron chi connectivity index (χ0n) is 15.3. The zero-order valence-corrected chi connectivity index (χ0v) is 15.3. The highest BCUT2D eigenvalue weighted by molar-refractivity contribution is 5.43. The maximum absolute atomic E-state index is 5.73. The van der Waals surface area contributed by atoms with Gasteiger partial charge in [-0.3, -0.25) is 5.32 Å². The van der Waals surface area contributed by atoms with Crippen LogP contribution in [0.1, 0.15) is 36.3 Å². The summed E-state index contributed by atoms with van der Waals surface area (Å²) in [6.45, 7) is 3.45. The van der Waals surface area contributed by atoms with Gasteiger partial charge in [0.05, 0.1) is 26.0 Å². The first-order valence-corrected chi connectivity index (χ1v) is 8.93. The number of hydrogen-bond acceptors (Lipinski definition) is 4. The predicted octanol–water partition coefficient (Wildman–Crippen LogP) is 4.96. The van der Waals surface area contributed by atoms with Crippen molar-refractivity contribution in [2.75, 3.05) is 13.7 Å². The fourth-order valence-electron chi connectivity index (χ4n) is 2.86. The summed E-state index contributed by atoms with van der Waals surface area (Å²) in [4.78, 5) is 0. The highest BCUT2D eigenvalue weighted by Crippen LogP contribution is 2.29. The Morgan fingerprint density at radius 1 is 1.00 bits per heavy atom. The molecule has 1 heterocycles. The van der Waals surface area contributed by atoms with Crippen LogP contribution in [0.25, 0.3) is 0 Å². The molecule has 1 N–H and O–H groups in total. The third-order valence-electron chi connectivity index (χ3n) is 4.16. The van der Waals surface area contributed by atoms with E-state index in [4.69, 9.17) is 13.9 Å². The molecule has 1 atom stereocenters. The Morgan fingerprint density at radius 3 is 2.54 bits per heavy atom. The van der Waals surface area contributed by atoms with Crippen molar-refractivity contribution in [2.24, 2.45) is 0 Å². The smallest absolute Gasteiger partial charge is 0.161 e. The van der Waals surface area contributed by atoms with E-state index >= 15 is 0 Å². The van der Waals surface area contributed by atoms with Gasteiger partial charge in [-0.05, 0) is 41.8 Å². The maximum atomic E-state index is 5.73. The molecular formula is C22H25NO3. The largest absolute Gasteiger partial charge is 0.493 e. The van der Waals surface area contributed by atoms with Crippen molar-refractivity contribution in [3.05, 3.63) is 83.8 Å². The van der Waals surface area contributed by atoms with E-state index in [2.05, 4.69) is 30.4 Å². The van der Waals surface area contributed by atoms with Gasteiger partial charge in [0, 0.05) is 6.54 Å². The first-order chi connectivity index (χ1) is 12.8. The van der Waals surface area contributed by atoms with Gasteiger partial charge >= 0.3 is 0 Å². The van der Waals surface area contributed by atoms with E-state index in [1.165, 1.54) is 0 Å². The van der Waals surface area contributed by atoms with Gasteiger partial charge in [-0.25, -0.2) is 0 Å². The van der Waals surface area contributed by atoms with E-state index in [0.717, 1.165) is 34.8 Å². The normalized spacial score (nSPS) is 11.9. The van der Waals surface area contributed by atoms with Gasteiger partial charge in [0.25, 0.3) is 0 Å². The van der Waals surface area contributed by atoms with Crippen LogP contribution in [0, 0.1) is 0 Å². The molecular weight excluding hydrogens is 326 g/mol. The zero-order chi connectivity index (χ0) is 18.2. The van der Waals surface area contributed by atoms with E-state index in [9.17, 15) is 0 Å². The third kappa shape index (κ3) is 4.46. The lowest BCUT2D eigenvalue weighted by Crippen LogP contribution is -2.21. The summed E-state index contributed by atoms with van der Waals surface area (Å²) in [5.74, 6) is 2.43. The van der Waals surface area contributed by atoms with Crippen LogP contribution in [0.15, 0.2) is 71.3 Å². The minimum absolute atomic E-state index is 0.00628. The minimum atomic E-state index is -0.00628. The summed E-state index contributed by atoms with van der Waals surface area (Å²) < 4.78 is 16.8. The van der Waals surface area contributed by atoms with Crippen molar-refractivity contribution in [3.63, 3.8) is 0 Å². The Hall–Kier alpha value is -2.72. The van der Waals surface area contributed by atoms with Crippen LogP contribution in [0.4, 0.5) is 0 Å². The molecule has 0 aliphatic rings. The predicted molar refractivity (Wildman–Crippen MR) is 103 cm³/mol. The summed E-state index contributed by atoms with van der Waals surface area (Å²) >= 11 is 0. The molecule has 3 rings (SSSR count). The summed E-state index contributed by atoms with van der Waals surface area (Å²) in [5.41, 5.74) is 2.29. The van der Waals surface area contributed by atoms with Gasteiger partial charge in [0.15, 0.2) is 11.5 Å². The molecule has 0 spiro atoms. The monoisotopic (exact) mass is 351 g/mol. The summed E-state index contributed by atoms with van der Waals surface area (Å²) in [5, 5.41) is 3.58. The van der Waals surface area contributed by atoms with Crippen LogP contribution in [-0.4, -0.2) is 13.7 Å². The van der Waals surface area contributed by atoms with Gasteiger partial charge in [0.2, 0.25) is 0 Å². The summed E-state index contributed by atoms with van der Waals surface area (Å²) in [6, 6.07) is 20.2. The van der Waals surface area contributed by atoms with Crippen molar-refractivity contribution in [1.29, 1.82) is 0 Å². The van der Waals surface area contributed by atoms with Crippen LogP contribution in [0.3, 0.4) is 0 Å². The fraction of sp³-hybridized carbons (Fsp3) is 0.273. The Bertz CT molecular complexity index is 784. The molecule has 26 heavy (non-hydrogen) atoms. The molecule has 0 radical (unpaired) electrons. The molecule has 0 amide bonds. The van der Waals surface area contributed by atoms with Crippen molar-refractivity contribution in [1.82, 2.24) is 5.32 Å². The maximum Gasteiger partial charge on any atom is 0.161 e. The van der Waals surface area contributed by atoms with Gasteiger partial charge in [-0.2, -0.15) is 0 Å². The molecule has 4 heteroatoms. The molecule has 1 aromatic heterocycles. The molecule has 0 saturated heterocycles. The highest BCUT2D eigenvalue weighted by atomic mass is 16.5. The molecule has 0 aliphatic carbocycles. The molecule has 4 nitrogen and oxygen atoms in total. The second kappa shape index (κ2) is 9.11. The Labute approximate surface area is 154 Å². The van der Waals surface area contributed by atoms with Gasteiger partial charge in [-0.15, -0.1) is 0 Å². The van der Waals surface area contributed by atoms with Crippen LogP contribution in [0.5, 0.6) is 11.5 Å². The Balaban J connectivity index is 1.75. The Kier molecular flexibility index (Phi) is 6.34. The first kappa shape index (κ1) is 18.1. The number of benzene rings is 2. The first-order valence-electron chi connectivity index (χ1n) is 8.93. The lowest BCUT2D eigenvalue weighted by molar-refractivity contribution is 0.294. The van der Waals surface area contributed by atoms with Gasteiger partial charge in [-0.1, -0.05) is 43.3 Å². The van der Waals surface area contributed by atoms with Crippen LogP contribution in [-0.2, 0) is 6.54 Å². The average Bonchev–Trinajstić information content (AvgIpc) is 3.22. The van der Waals surface area contributed by atoms with Crippen LogP contribution < -0.4 is 14.8 Å². The number of nitrogens with one attached hydrogen (secondary N) is 1. The van der Waals surface area contributed by atoms with E-state index < -0.39 is 0 Å². The standard InChI is InChI=1S/C22H25NO3/c1-3-13-25-19-12-11-17(15-21(19)24-2)16-23-22(20-10-7-14-26-20)18-8-5-4-6-9-18/h4-12,14-15,22-23H,3,13,16H2,1-2H3. The summed E-state index contributed by atoms with van der Waals surface area (Å²) in [6.07, 6.45) is 2.67. The van der Waals surface area contributed by atoms with Crippen molar-refractivity contribution >= 4 is 0 Å². The van der Waals surface area contributed by atoms with E-state index in [-0.39, 0.29) is 6.04 Å². The van der Waals surface area contributed by atoms with E-state index in [1.54, 1.807) is 13.4 Å². The lowest BCUT2D eigenvalue weighted by Gasteiger charge is -2.18. The quantitative estimate of drug-likeness (QED) is 0.592. The molecule has 0 aliphatic heterocycles. The SMILES string of the molecule is CCCOc1ccc(CNC(c2ccccc2)c2ccco2)cc1OC. The third-order valence-corrected chi connectivity index (χ3v) is 4.16. The lowest BCUT2D eigenvalue weighted by atomic mass is 10.0. The minimum Gasteiger partial charge on any atom is -0.493 e. The molecule has 2 aromatic carbocycles. The number of rotatable bonds is 9. The number of methoxy groups -OCH3 is 1. The van der Waals surface area contributed by atoms with Crippen molar-refractivity contribution in [2.45, 2.75) is 25.9 Å². The molecule has 0 bridgehead atoms. The summed E-state index contributed by atoms with van der Waals surface area (Å²) in [7, 11) is 1.67. The van der Waals surface area contributed by atoms with Gasteiger partial charge in [0.1, 0.15) is 5.76 Å². The van der Waals surface area contributed by atoms with Crippen molar-refractivity contribution < 1.29 is 13.9 Å². The second-order valence-electron chi connectivity index (χ2n) is 6.07. The fourth-order valence-corrected chi connectivity index (χ4v) is 2.86. The topological polar surface area (TPSA) is 43.6 Å². The molecule has 0 saturated carbocycles. The number of hydrogen-bond donors (Lipinski definition) is 1. The molecule has 1 unspecified atom stereocenters. The van der Waals surface area contributed by atoms with Crippen LogP contribution in [0.2, 0.25) is 0 Å². The average molecular weight is 351 g/mol. The molecule has 136 valence electrons. The molecule has 3 aromatic rings. The Morgan fingerprint density at radius 2 is 1.85 bits per heavy atom. The number of ether oxygens (including phenoxy) is 2. The highest BCUT2D eigenvalue weighted by Gasteiger charge is 2.16. The molecule has 0 fully saturated rings. The van der Waals surface area contributed by atoms with Crippen molar-refractivity contribution in [3.8, 4) is 11.5 Å². The van der Waals surface area contributed by atoms with E-state index in [1.807, 2.05) is 42.5 Å². The second-order valence-corrected chi connectivity index (χ2v) is 6.07. The van der Waals surface area contributed by atoms with Gasteiger partial charge < -0.3 is 13.9 Å². The van der Waals surface area contributed by atoms with Crippen LogP contribution >= 0.6 is 0 Å².